The van der Waals surface area contributed by atoms with Gasteiger partial charge in [-0.2, -0.15) is 0 Å². The highest BCUT2D eigenvalue weighted by Gasteiger charge is 2.24. The minimum atomic E-state index is -3.92. The van der Waals surface area contributed by atoms with Crippen LogP contribution in [-0.2, 0) is 10.0 Å². The number of aliphatic hydroxyl groups is 1. The molecular weight excluding hydrogens is 284 g/mol. The van der Waals surface area contributed by atoms with Gasteiger partial charge < -0.3 is 15.9 Å². The SMILES string of the molecule is CC(C)[C@@H](CO)NS(=O)(=O)c1ccc(C(=O)O)cc1N. The van der Waals surface area contributed by atoms with Gasteiger partial charge in [-0.25, -0.2) is 17.9 Å². The van der Waals surface area contributed by atoms with Crippen LogP contribution in [0.5, 0.6) is 0 Å². The monoisotopic (exact) mass is 302 g/mol. The van der Waals surface area contributed by atoms with Crippen molar-refractivity contribution in [1.29, 1.82) is 0 Å². The third kappa shape index (κ3) is 3.69. The summed E-state index contributed by atoms with van der Waals surface area (Å²) in [5.41, 5.74) is 5.35. The Morgan fingerprint density at radius 2 is 2.00 bits per heavy atom. The molecule has 0 aliphatic heterocycles. The molecule has 0 aromatic heterocycles. The number of rotatable bonds is 6. The van der Waals surface area contributed by atoms with E-state index in [0.717, 1.165) is 18.2 Å². The molecule has 0 saturated carbocycles. The Balaban J connectivity index is 3.13. The van der Waals surface area contributed by atoms with Crippen molar-refractivity contribution in [3.8, 4) is 0 Å². The second-order valence-corrected chi connectivity index (χ2v) is 6.39. The molecule has 0 amide bonds. The topological polar surface area (TPSA) is 130 Å². The molecule has 1 aromatic rings. The molecule has 1 atom stereocenters. The average molecular weight is 302 g/mol. The Hall–Kier alpha value is -1.64. The molecule has 0 aliphatic carbocycles. The summed E-state index contributed by atoms with van der Waals surface area (Å²) in [4.78, 5) is 10.6. The molecule has 0 fully saturated rings. The smallest absolute Gasteiger partial charge is 0.335 e. The Morgan fingerprint density at radius 3 is 2.40 bits per heavy atom. The third-order valence-electron chi connectivity index (χ3n) is 2.85. The maximum atomic E-state index is 12.2. The lowest BCUT2D eigenvalue weighted by atomic mass is 10.1. The molecule has 0 spiro atoms. The van der Waals surface area contributed by atoms with Crippen LogP contribution >= 0.6 is 0 Å². The fourth-order valence-electron chi connectivity index (χ4n) is 1.57. The van der Waals surface area contributed by atoms with Gasteiger partial charge in [-0.1, -0.05) is 13.8 Å². The standard InChI is InChI=1S/C12H18N2O5S/c1-7(2)10(6-15)14-20(18,19)11-4-3-8(12(16)17)5-9(11)13/h3-5,7,10,14-15H,6,13H2,1-2H3,(H,16,17)/t10-/m1/s1. The van der Waals surface area contributed by atoms with Crippen LogP contribution < -0.4 is 10.5 Å². The van der Waals surface area contributed by atoms with Gasteiger partial charge in [0.2, 0.25) is 10.0 Å². The molecule has 0 heterocycles. The summed E-state index contributed by atoms with van der Waals surface area (Å²) in [5, 5.41) is 18.0. The molecule has 0 radical (unpaired) electrons. The summed E-state index contributed by atoms with van der Waals surface area (Å²) >= 11 is 0. The van der Waals surface area contributed by atoms with E-state index in [0.29, 0.717) is 0 Å². The molecule has 1 aromatic carbocycles. The van der Waals surface area contributed by atoms with E-state index in [2.05, 4.69) is 4.72 Å². The largest absolute Gasteiger partial charge is 0.478 e. The minimum Gasteiger partial charge on any atom is -0.478 e. The minimum absolute atomic E-state index is 0.0935. The van der Waals surface area contributed by atoms with Gasteiger partial charge in [-0.15, -0.1) is 0 Å². The molecule has 1 rings (SSSR count). The predicted molar refractivity (Wildman–Crippen MR) is 73.8 cm³/mol. The lowest BCUT2D eigenvalue weighted by Gasteiger charge is -2.20. The number of aliphatic hydroxyl groups excluding tert-OH is 1. The zero-order valence-electron chi connectivity index (χ0n) is 11.2. The van der Waals surface area contributed by atoms with E-state index in [9.17, 15) is 13.2 Å². The lowest BCUT2D eigenvalue weighted by molar-refractivity contribution is 0.0697. The first kappa shape index (κ1) is 16.4. The second kappa shape index (κ2) is 6.21. The van der Waals surface area contributed by atoms with Gasteiger partial charge in [0.25, 0.3) is 0 Å². The predicted octanol–water partition coefficient (Wildman–Crippen LogP) is 0.262. The van der Waals surface area contributed by atoms with Gasteiger partial charge in [0.15, 0.2) is 0 Å². The highest BCUT2D eigenvalue weighted by molar-refractivity contribution is 7.89. The first-order valence-corrected chi connectivity index (χ1v) is 7.43. The number of carboxylic acids is 1. The molecule has 20 heavy (non-hydrogen) atoms. The van der Waals surface area contributed by atoms with Crippen LogP contribution in [0.25, 0.3) is 0 Å². The van der Waals surface area contributed by atoms with Crippen LogP contribution in [-0.4, -0.2) is 37.2 Å². The third-order valence-corrected chi connectivity index (χ3v) is 4.42. The molecule has 112 valence electrons. The number of nitrogens with two attached hydrogens (primary N) is 1. The Kier molecular flexibility index (Phi) is 5.09. The molecular formula is C12H18N2O5S. The Morgan fingerprint density at radius 1 is 1.40 bits per heavy atom. The van der Waals surface area contributed by atoms with Crippen LogP contribution in [0.15, 0.2) is 23.1 Å². The maximum Gasteiger partial charge on any atom is 0.335 e. The zero-order valence-corrected chi connectivity index (χ0v) is 12.0. The quantitative estimate of drug-likeness (QED) is 0.558. The summed E-state index contributed by atoms with van der Waals surface area (Å²) < 4.78 is 26.7. The Labute approximate surface area is 117 Å². The number of anilines is 1. The van der Waals surface area contributed by atoms with Crippen LogP contribution in [0.3, 0.4) is 0 Å². The van der Waals surface area contributed by atoms with Crippen molar-refractivity contribution in [2.24, 2.45) is 5.92 Å². The van der Waals surface area contributed by atoms with E-state index in [1.165, 1.54) is 0 Å². The number of carboxylic acid groups (broad SMARTS) is 1. The van der Waals surface area contributed by atoms with Crippen molar-refractivity contribution < 1.29 is 23.4 Å². The van der Waals surface area contributed by atoms with Crippen LogP contribution in [0, 0.1) is 5.92 Å². The van der Waals surface area contributed by atoms with Crippen molar-refractivity contribution in [2.75, 3.05) is 12.3 Å². The highest BCUT2D eigenvalue weighted by Crippen LogP contribution is 2.20. The number of carbonyl (C=O) groups is 1. The summed E-state index contributed by atoms with van der Waals surface area (Å²) in [6, 6.07) is 2.74. The molecule has 0 aliphatic rings. The van der Waals surface area contributed by atoms with E-state index in [4.69, 9.17) is 15.9 Å². The van der Waals surface area contributed by atoms with Gasteiger partial charge in [-0.05, 0) is 24.1 Å². The van der Waals surface area contributed by atoms with Gasteiger partial charge >= 0.3 is 5.97 Å². The molecule has 0 unspecified atom stereocenters. The molecule has 0 bridgehead atoms. The van der Waals surface area contributed by atoms with Crippen LogP contribution in [0.1, 0.15) is 24.2 Å². The van der Waals surface area contributed by atoms with Crippen molar-refractivity contribution >= 4 is 21.7 Å². The van der Waals surface area contributed by atoms with Gasteiger partial charge in [0.05, 0.1) is 17.9 Å². The van der Waals surface area contributed by atoms with Crippen LogP contribution in [0.4, 0.5) is 5.69 Å². The fraction of sp³-hybridized carbons (Fsp3) is 0.417. The second-order valence-electron chi connectivity index (χ2n) is 4.71. The average Bonchev–Trinajstić information content (AvgIpc) is 2.35. The van der Waals surface area contributed by atoms with E-state index in [1.54, 1.807) is 13.8 Å². The van der Waals surface area contributed by atoms with E-state index >= 15 is 0 Å². The summed E-state index contributed by atoms with van der Waals surface area (Å²) in [6.45, 7) is 3.19. The van der Waals surface area contributed by atoms with Crippen molar-refractivity contribution in [1.82, 2.24) is 4.72 Å². The Bertz CT molecular complexity index is 598. The fourth-order valence-corrected chi connectivity index (χ4v) is 3.06. The number of nitrogen functional groups attached to an aromatic ring is 1. The number of hydrogen-bond acceptors (Lipinski definition) is 5. The molecule has 5 N–H and O–H groups in total. The first-order valence-electron chi connectivity index (χ1n) is 5.95. The summed E-state index contributed by atoms with van der Waals surface area (Å²) in [7, 11) is -3.92. The molecule has 8 heteroatoms. The van der Waals surface area contributed by atoms with E-state index < -0.39 is 22.0 Å². The number of nitrogens with one attached hydrogen (secondary N) is 1. The summed E-state index contributed by atoms with van der Waals surface area (Å²) in [5.74, 6) is -1.29. The molecule has 7 nitrogen and oxygen atoms in total. The van der Waals surface area contributed by atoms with Gasteiger partial charge in [0, 0.05) is 6.04 Å². The van der Waals surface area contributed by atoms with Crippen molar-refractivity contribution in [2.45, 2.75) is 24.8 Å². The number of sulfonamides is 1. The van der Waals surface area contributed by atoms with E-state index in [1.807, 2.05) is 0 Å². The molecule has 0 saturated heterocycles. The summed E-state index contributed by atoms with van der Waals surface area (Å²) in [6.07, 6.45) is 0. The van der Waals surface area contributed by atoms with E-state index in [-0.39, 0.29) is 28.7 Å². The van der Waals surface area contributed by atoms with Crippen molar-refractivity contribution in [3.63, 3.8) is 0 Å². The zero-order chi connectivity index (χ0) is 15.5. The number of benzene rings is 1. The number of aromatic carboxylic acids is 1. The first-order chi connectivity index (χ1) is 9.19. The van der Waals surface area contributed by atoms with Crippen LogP contribution in [0.2, 0.25) is 0 Å². The van der Waals surface area contributed by atoms with Crippen molar-refractivity contribution in [3.05, 3.63) is 23.8 Å². The maximum absolute atomic E-state index is 12.2. The van der Waals surface area contributed by atoms with Gasteiger partial charge in [0.1, 0.15) is 4.90 Å². The van der Waals surface area contributed by atoms with Gasteiger partial charge in [-0.3, -0.25) is 0 Å². The lowest BCUT2D eigenvalue weighted by Crippen LogP contribution is -2.41. The normalized spacial score (nSPS) is 13.4. The number of hydrogen-bond donors (Lipinski definition) is 4. The highest BCUT2D eigenvalue weighted by atomic mass is 32.2.